The molecule has 8 heteroatoms. The van der Waals surface area contributed by atoms with Crippen molar-refractivity contribution in [3.05, 3.63) is 0 Å². The molecule has 0 fully saturated rings. The van der Waals surface area contributed by atoms with Crippen LogP contribution in [0.15, 0.2) is 0 Å². The van der Waals surface area contributed by atoms with Crippen molar-refractivity contribution < 1.29 is 23.2 Å². The molecule has 0 rings (SSSR count). The summed E-state index contributed by atoms with van der Waals surface area (Å²) in [6.45, 7) is 0. The highest BCUT2D eigenvalue weighted by molar-refractivity contribution is 7.74. The lowest BCUT2D eigenvalue weighted by molar-refractivity contribution is -0.333. The molecule has 0 aliphatic carbocycles. The Bertz CT molecular complexity index is 133. The molecule has 0 aromatic heterocycles. The third-order valence-electron chi connectivity index (χ3n) is 0.164. The average molecular weight is 177 g/mol. The van der Waals surface area contributed by atoms with Crippen molar-refractivity contribution in [2.24, 2.45) is 0 Å². The monoisotopic (exact) mass is 177 g/mol. The number of halogens is 1. The maximum absolute atomic E-state index is 9.58. The van der Waals surface area contributed by atoms with Gasteiger partial charge in [0.2, 0.25) is 11.2 Å². The van der Waals surface area contributed by atoms with Crippen LogP contribution in [0.5, 0.6) is 0 Å². The standard InChI is InChI=1S/ClHO5P2/c1-7(2)6-8(3,4)5/h(H-,3,4,5)/p-1. The quantitative estimate of drug-likeness (QED) is 0.542. The van der Waals surface area contributed by atoms with Gasteiger partial charge < -0.3 is 14.4 Å². The molecule has 1 unspecified atom stereocenters. The SMILES string of the molecule is O=[P+](Cl)OP(=O)([O-])[O-]. The van der Waals surface area contributed by atoms with Crippen LogP contribution in [0.4, 0.5) is 0 Å². The minimum Gasteiger partial charge on any atom is -0.786 e. The molecule has 8 heavy (non-hydrogen) atoms. The van der Waals surface area contributed by atoms with Crippen LogP contribution in [-0.4, -0.2) is 0 Å². The van der Waals surface area contributed by atoms with E-state index in [1.165, 1.54) is 0 Å². The van der Waals surface area contributed by atoms with E-state index in [0.29, 0.717) is 0 Å². The van der Waals surface area contributed by atoms with E-state index >= 15 is 0 Å². The van der Waals surface area contributed by atoms with Gasteiger partial charge in [-0.05, 0) is 4.57 Å². The van der Waals surface area contributed by atoms with Crippen molar-refractivity contribution >= 4 is 26.4 Å². The number of hydrogen-bond donors (Lipinski definition) is 0. The first-order valence-corrected chi connectivity index (χ1v) is 4.81. The highest BCUT2D eigenvalue weighted by Crippen LogP contribution is 2.43. The molecule has 0 saturated heterocycles. The summed E-state index contributed by atoms with van der Waals surface area (Å²) in [7, 11) is -7.99. The maximum Gasteiger partial charge on any atom is 0.637 e. The van der Waals surface area contributed by atoms with Crippen LogP contribution in [0.2, 0.25) is 0 Å². The molecule has 1 atom stereocenters. The van der Waals surface area contributed by atoms with E-state index in [-0.39, 0.29) is 0 Å². The fourth-order valence-corrected chi connectivity index (χ4v) is 1.39. The Hall–Kier alpha value is 0.500. The van der Waals surface area contributed by atoms with E-state index in [9.17, 15) is 18.9 Å². The van der Waals surface area contributed by atoms with Gasteiger partial charge in [0.15, 0.2) is 0 Å². The molecule has 0 heterocycles. The van der Waals surface area contributed by atoms with Gasteiger partial charge in [0, 0.05) is 0 Å². The molecule has 0 spiro atoms. The van der Waals surface area contributed by atoms with Crippen LogP contribution in [-0.2, 0) is 13.4 Å². The van der Waals surface area contributed by atoms with Gasteiger partial charge in [-0.25, -0.2) is 0 Å². The lowest BCUT2D eigenvalue weighted by atomic mass is 15.7. The zero-order valence-corrected chi connectivity index (χ0v) is 5.86. The average Bonchev–Trinajstić information content (AvgIpc) is 1.21. The summed E-state index contributed by atoms with van der Waals surface area (Å²) in [6.07, 6.45) is 0. The van der Waals surface area contributed by atoms with Crippen LogP contribution < -0.4 is 9.79 Å². The Morgan fingerprint density at radius 1 is 1.62 bits per heavy atom. The van der Waals surface area contributed by atoms with Crippen molar-refractivity contribution in [2.75, 3.05) is 0 Å². The molecule has 0 saturated carbocycles. The topological polar surface area (TPSA) is 89.5 Å². The van der Waals surface area contributed by atoms with E-state index in [2.05, 4.69) is 15.6 Å². The summed E-state index contributed by atoms with van der Waals surface area (Å²) in [5.74, 6) is 0. The van der Waals surface area contributed by atoms with Gasteiger partial charge in [-0.15, -0.1) is 4.31 Å². The number of rotatable bonds is 2. The predicted octanol–water partition coefficient (Wildman–Crippen LogP) is -0.272. The normalized spacial score (nSPS) is 13.6. The predicted molar refractivity (Wildman–Crippen MR) is 22.2 cm³/mol. The van der Waals surface area contributed by atoms with Gasteiger partial charge in [-0.3, -0.25) is 0 Å². The van der Waals surface area contributed by atoms with Crippen LogP contribution in [0.25, 0.3) is 0 Å². The first-order chi connectivity index (χ1) is 3.42. The molecule has 0 aromatic carbocycles. The van der Waals surface area contributed by atoms with Gasteiger partial charge in [0.25, 0.3) is 0 Å². The van der Waals surface area contributed by atoms with E-state index < -0.39 is 15.2 Å². The van der Waals surface area contributed by atoms with Gasteiger partial charge in [-0.2, -0.15) is 0 Å². The zero-order chi connectivity index (χ0) is 6.78. The summed E-state index contributed by atoms with van der Waals surface area (Å²) >= 11 is 4.48. The van der Waals surface area contributed by atoms with E-state index in [1.54, 1.807) is 0 Å². The third-order valence-corrected chi connectivity index (χ3v) is 2.03. The van der Waals surface area contributed by atoms with Gasteiger partial charge >= 0.3 is 7.38 Å². The Morgan fingerprint density at radius 2 is 2.00 bits per heavy atom. The van der Waals surface area contributed by atoms with Gasteiger partial charge in [0.05, 0.1) is 0 Å². The molecular weight excluding hydrogens is 177 g/mol. The Morgan fingerprint density at radius 3 is 2.00 bits per heavy atom. The molecule has 48 valence electrons. The molecule has 0 aliphatic rings. The summed E-state index contributed by atoms with van der Waals surface area (Å²) in [4.78, 5) is 18.8. The van der Waals surface area contributed by atoms with E-state index in [0.717, 1.165) is 0 Å². The van der Waals surface area contributed by atoms with Gasteiger partial charge in [-0.1, -0.05) is 0 Å². The molecule has 0 aromatic rings. The Kier molecular flexibility index (Phi) is 3.05. The Labute approximate surface area is 50.5 Å². The van der Waals surface area contributed by atoms with Crippen molar-refractivity contribution in [3.8, 4) is 0 Å². The minimum absolute atomic E-state index is 2.85. The summed E-state index contributed by atoms with van der Waals surface area (Å²) in [5.41, 5.74) is 0. The Balaban J connectivity index is 3.74. The van der Waals surface area contributed by atoms with Crippen LogP contribution in [0, 0.1) is 0 Å². The van der Waals surface area contributed by atoms with E-state index in [1.807, 2.05) is 0 Å². The smallest absolute Gasteiger partial charge is 0.637 e. The van der Waals surface area contributed by atoms with Gasteiger partial charge in [0.1, 0.15) is 7.82 Å². The van der Waals surface area contributed by atoms with Crippen LogP contribution >= 0.6 is 26.4 Å². The third kappa shape index (κ3) is 6.50. The number of phosphoric acid groups is 1. The molecule has 0 amide bonds. The van der Waals surface area contributed by atoms with Crippen molar-refractivity contribution in [1.29, 1.82) is 0 Å². The molecule has 0 aliphatic heterocycles. The lowest BCUT2D eigenvalue weighted by Gasteiger charge is -2.18. The van der Waals surface area contributed by atoms with Crippen molar-refractivity contribution in [2.45, 2.75) is 0 Å². The molecular formula is ClO5P2-. The summed E-state index contributed by atoms with van der Waals surface area (Å²) < 4.78 is 22.2. The highest BCUT2D eigenvalue weighted by atomic mass is 35.7. The summed E-state index contributed by atoms with van der Waals surface area (Å²) in [6, 6.07) is 0. The minimum atomic E-state index is -5.14. The second-order valence-corrected chi connectivity index (χ2v) is 3.54. The van der Waals surface area contributed by atoms with Crippen LogP contribution in [0.3, 0.4) is 0 Å². The molecule has 5 nitrogen and oxygen atoms in total. The largest absolute Gasteiger partial charge is 0.786 e. The van der Waals surface area contributed by atoms with Crippen molar-refractivity contribution in [3.63, 3.8) is 0 Å². The lowest BCUT2D eigenvalue weighted by Crippen LogP contribution is -2.13. The zero-order valence-electron chi connectivity index (χ0n) is 3.31. The second-order valence-electron chi connectivity index (χ2n) is 0.741. The van der Waals surface area contributed by atoms with Crippen LogP contribution in [0.1, 0.15) is 0 Å². The first kappa shape index (κ1) is 8.50. The second kappa shape index (κ2) is 2.87. The number of hydrogen-bond acceptors (Lipinski definition) is 5. The molecule has 0 N–H and O–H groups in total. The molecule has 0 bridgehead atoms. The summed E-state index contributed by atoms with van der Waals surface area (Å²) in [5, 5.41) is 0. The molecule has 0 radical (unpaired) electrons. The fraction of sp³-hybridized carbons (Fsp3) is 0. The highest BCUT2D eigenvalue weighted by Gasteiger charge is 2.14. The fourth-order valence-electron chi connectivity index (χ4n) is 0.0786. The maximum atomic E-state index is 9.58. The van der Waals surface area contributed by atoms with E-state index in [4.69, 9.17) is 0 Å². The first-order valence-electron chi connectivity index (χ1n) is 1.26. The van der Waals surface area contributed by atoms with Crippen molar-refractivity contribution in [1.82, 2.24) is 0 Å².